The lowest BCUT2D eigenvalue weighted by atomic mass is 10.2. The fraction of sp³-hybridized carbons (Fsp3) is 0.125. The van der Waals surface area contributed by atoms with Gasteiger partial charge in [-0.3, -0.25) is 4.79 Å². The van der Waals surface area contributed by atoms with Crippen LogP contribution in [-0.2, 0) is 0 Å². The van der Waals surface area contributed by atoms with E-state index in [1.54, 1.807) is 24.3 Å². The van der Waals surface area contributed by atoms with Crippen molar-refractivity contribution in [2.24, 2.45) is 5.10 Å². The molecule has 0 bridgehead atoms. The van der Waals surface area contributed by atoms with Gasteiger partial charge in [0.05, 0.1) is 13.3 Å². The molecule has 2 aromatic carbocycles. The lowest BCUT2D eigenvalue weighted by Gasteiger charge is -2.11. The van der Waals surface area contributed by atoms with Crippen molar-refractivity contribution in [2.75, 3.05) is 7.11 Å². The molecule has 8 heteroatoms. The lowest BCUT2D eigenvalue weighted by molar-refractivity contribution is -0.0513. The summed E-state index contributed by atoms with van der Waals surface area (Å²) in [4.78, 5) is 11.9. The number of para-hydroxylation sites is 1. The largest absolute Gasteiger partial charge is 0.493 e. The molecule has 0 fully saturated rings. The highest BCUT2D eigenvalue weighted by Gasteiger charge is 2.14. The Kier molecular flexibility index (Phi) is 6.08. The Labute approximate surface area is 141 Å². The van der Waals surface area contributed by atoms with E-state index in [4.69, 9.17) is 16.3 Å². The Bertz CT molecular complexity index is 754. The fourth-order valence-electron chi connectivity index (χ4n) is 1.87. The first-order chi connectivity index (χ1) is 11.5. The first kappa shape index (κ1) is 17.7. The SMILES string of the molecule is COc1cccc(/C=N\NC(=O)c2cccc(Cl)c2)c1OC(F)F. The number of carbonyl (C=O) groups is 1. The molecule has 126 valence electrons. The third kappa shape index (κ3) is 4.66. The summed E-state index contributed by atoms with van der Waals surface area (Å²) in [6.45, 7) is -3.02. The van der Waals surface area contributed by atoms with Crippen LogP contribution in [0, 0.1) is 0 Å². The fourth-order valence-corrected chi connectivity index (χ4v) is 2.06. The standard InChI is InChI=1S/C16H13ClF2N2O3/c1-23-13-7-3-5-11(14(13)24-16(18)19)9-20-21-15(22)10-4-2-6-12(17)8-10/h2-9,16H,1H3,(H,21,22)/b20-9-. The number of ether oxygens (including phenoxy) is 2. The molecule has 1 N–H and O–H groups in total. The maximum absolute atomic E-state index is 12.5. The zero-order valence-corrected chi connectivity index (χ0v) is 13.3. The molecule has 0 saturated carbocycles. The molecule has 0 atom stereocenters. The highest BCUT2D eigenvalue weighted by atomic mass is 35.5. The van der Waals surface area contributed by atoms with E-state index in [0.29, 0.717) is 10.6 Å². The van der Waals surface area contributed by atoms with E-state index in [-0.39, 0.29) is 17.1 Å². The van der Waals surface area contributed by atoms with Crippen LogP contribution >= 0.6 is 11.6 Å². The average Bonchev–Trinajstić information content (AvgIpc) is 2.55. The summed E-state index contributed by atoms with van der Waals surface area (Å²) in [5.74, 6) is -0.538. The number of hydrogen-bond acceptors (Lipinski definition) is 4. The topological polar surface area (TPSA) is 59.9 Å². The normalized spacial score (nSPS) is 10.9. The van der Waals surface area contributed by atoms with Crippen molar-refractivity contribution in [3.05, 3.63) is 58.6 Å². The highest BCUT2D eigenvalue weighted by molar-refractivity contribution is 6.30. The van der Waals surface area contributed by atoms with Crippen molar-refractivity contribution >= 4 is 23.7 Å². The number of alkyl halides is 2. The summed E-state index contributed by atoms with van der Waals surface area (Å²) in [7, 11) is 1.33. The van der Waals surface area contributed by atoms with Crippen molar-refractivity contribution in [1.29, 1.82) is 0 Å². The third-order valence-corrected chi connectivity index (χ3v) is 3.13. The molecule has 0 unspecified atom stereocenters. The van der Waals surface area contributed by atoms with Gasteiger partial charge in [0.2, 0.25) is 0 Å². The van der Waals surface area contributed by atoms with E-state index < -0.39 is 12.5 Å². The summed E-state index contributed by atoms with van der Waals surface area (Å²) in [6.07, 6.45) is 1.18. The van der Waals surface area contributed by atoms with Gasteiger partial charge in [-0.25, -0.2) is 5.43 Å². The predicted octanol–water partition coefficient (Wildman–Crippen LogP) is 3.71. The van der Waals surface area contributed by atoms with Crippen molar-refractivity contribution in [2.45, 2.75) is 6.61 Å². The Morgan fingerprint density at radius 1 is 1.29 bits per heavy atom. The van der Waals surface area contributed by atoms with Gasteiger partial charge in [0.1, 0.15) is 0 Å². The third-order valence-electron chi connectivity index (χ3n) is 2.89. The van der Waals surface area contributed by atoms with Crippen LogP contribution in [0.5, 0.6) is 11.5 Å². The molecule has 0 heterocycles. The molecule has 0 spiro atoms. The van der Waals surface area contributed by atoms with Gasteiger partial charge < -0.3 is 9.47 Å². The van der Waals surface area contributed by atoms with Gasteiger partial charge in [-0.2, -0.15) is 13.9 Å². The summed E-state index contributed by atoms with van der Waals surface area (Å²) < 4.78 is 34.5. The second kappa shape index (κ2) is 8.26. The number of amides is 1. The Morgan fingerprint density at radius 3 is 2.71 bits per heavy atom. The van der Waals surface area contributed by atoms with Crippen LogP contribution in [0.1, 0.15) is 15.9 Å². The zero-order chi connectivity index (χ0) is 17.5. The maximum atomic E-state index is 12.5. The smallest absolute Gasteiger partial charge is 0.387 e. The predicted molar refractivity (Wildman–Crippen MR) is 86.1 cm³/mol. The van der Waals surface area contributed by atoms with Gasteiger partial charge in [0.15, 0.2) is 11.5 Å². The first-order valence-electron chi connectivity index (χ1n) is 6.72. The van der Waals surface area contributed by atoms with Crippen LogP contribution in [0.4, 0.5) is 8.78 Å². The summed E-state index contributed by atoms with van der Waals surface area (Å²) in [6, 6.07) is 10.8. The zero-order valence-electron chi connectivity index (χ0n) is 12.5. The van der Waals surface area contributed by atoms with Crippen LogP contribution in [0.25, 0.3) is 0 Å². The average molecular weight is 355 g/mol. The van der Waals surface area contributed by atoms with Crippen LogP contribution < -0.4 is 14.9 Å². The molecule has 2 aromatic rings. The van der Waals surface area contributed by atoms with Gasteiger partial charge in [0.25, 0.3) is 5.91 Å². The van der Waals surface area contributed by atoms with Crippen molar-refractivity contribution in [3.8, 4) is 11.5 Å². The molecule has 0 radical (unpaired) electrons. The van der Waals surface area contributed by atoms with E-state index in [1.165, 1.54) is 31.5 Å². The molecule has 0 aliphatic carbocycles. The number of nitrogens with zero attached hydrogens (tertiary/aromatic N) is 1. The van der Waals surface area contributed by atoms with Gasteiger partial charge in [-0.05, 0) is 30.3 Å². The maximum Gasteiger partial charge on any atom is 0.387 e. The molecule has 0 aliphatic heterocycles. The van der Waals surface area contributed by atoms with Crippen molar-refractivity contribution in [3.63, 3.8) is 0 Å². The van der Waals surface area contributed by atoms with E-state index in [2.05, 4.69) is 15.3 Å². The van der Waals surface area contributed by atoms with Gasteiger partial charge in [-0.1, -0.05) is 23.7 Å². The number of carbonyl (C=O) groups excluding carboxylic acids is 1. The second-order valence-corrected chi connectivity index (χ2v) is 4.90. The molecule has 1 amide bonds. The van der Waals surface area contributed by atoms with Gasteiger partial charge in [0, 0.05) is 16.1 Å². The molecule has 24 heavy (non-hydrogen) atoms. The Morgan fingerprint density at radius 2 is 2.04 bits per heavy atom. The minimum absolute atomic E-state index is 0.125. The number of benzene rings is 2. The van der Waals surface area contributed by atoms with Gasteiger partial charge in [-0.15, -0.1) is 0 Å². The van der Waals surface area contributed by atoms with Gasteiger partial charge >= 0.3 is 6.61 Å². The van der Waals surface area contributed by atoms with E-state index in [1.807, 2.05) is 0 Å². The van der Waals surface area contributed by atoms with Crippen LogP contribution in [0.3, 0.4) is 0 Å². The monoisotopic (exact) mass is 354 g/mol. The number of hydrazone groups is 1. The first-order valence-corrected chi connectivity index (χ1v) is 7.10. The minimum Gasteiger partial charge on any atom is -0.493 e. The summed E-state index contributed by atoms with van der Waals surface area (Å²) in [5, 5.41) is 4.15. The van der Waals surface area contributed by atoms with E-state index in [0.717, 1.165) is 0 Å². The number of halogens is 3. The molecule has 2 rings (SSSR count). The molecule has 5 nitrogen and oxygen atoms in total. The minimum atomic E-state index is -3.02. The number of rotatable bonds is 6. The molecule has 0 aromatic heterocycles. The quantitative estimate of drug-likeness (QED) is 0.635. The Balaban J connectivity index is 2.15. The number of methoxy groups -OCH3 is 1. The molecule has 0 aliphatic rings. The second-order valence-electron chi connectivity index (χ2n) is 4.47. The number of nitrogens with one attached hydrogen (secondary N) is 1. The van der Waals surface area contributed by atoms with Crippen LogP contribution in [0.15, 0.2) is 47.6 Å². The van der Waals surface area contributed by atoms with E-state index in [9.17, 15) is 13.6 Å². The molecular formula is C16H13ClF2N2O3. The number of hydrogen-bond donors (Lipinski definition) is 1. The highest BCUT2D eigenvalue weighted by Crippen LogP contribution is 2.31. The summed E-state index contributed by atoms with van der Waals surface area (Å²) in [5.41, 5.74) is 2.82. The van der Waals surface area contributed by atoms with E-state index >= 15 is 0 Å². The Hall–Kier alpha value is -2.67. The summed E-state index contributed by atoms with van der Waals surface area (Å²) >= 11 is 5.80. The lowest BCUT2D eigenvalue weighted by Crippen LogP contribution is -2.17. The molecular weight excluding hydrogens is 342 g/mol. The molecule has 0 saturated heterocycles. The van der Waals surface area contributed by atoms with Crippen molar-refractivity contribution < 1.29 is 23.0 Å². The van der Waals surface area contributed by atoms with Crippen LogP contribution in [-0.4, -0.2) is 25.8 Å². The van der Waals surface area contributed by atoms with Crippen molar-refractivity contribution in [1.82, 2.24) is 5.43 Å². The van der Waals surface area contributed by atoms with Crippen LogP contribution in [0.2, 0.25) is 5.02 Å².